The topological polar surface area (TPSA) is 84.9 Å². The van der Waals surface area contributed by atoms with Crippen LogP contribution in [0.15, 0.2) is 18.2 Å². The Morgan fingerprint density at radius 2 is 1.83 bits per heavy atom. The fraction of sp³-hybridized carbons (Fsp3) is 0.333. The minimum Gasteiger partial charge on any atom is -0.493 e. The van der Waals surface area contributed by atoms with Crippen LogP contribution in [-0.2, 0) is 9.59 Å². The van der Waals surface area contributed by atoms with E-state index in [1.165, 1.54) is 14.2 Å². The van der Waals surface area contributed by atoms with Gasteiger partial charge in [0, 0.05) is 18.2 Å². The van der Waals surface area contributed by atoms with E-state index in [9.17, 15) is 9.59 Å². The number of ether oxygens (including phenoxy) is 2. The first-order valence-corrected chi connectivity index (χ1v) is 5.30. The number of hydrogen-bond acceptors (Lipinski definition) is 4. The molecule has 0 saturated carbocycles. The molecule has 0 heterocycles. The summed E-state index contributed by atoms with van der Waals surface area (Å²) < 4.78 is 10.1. The van der Waals surface area contributed by atoms with Gasteiger partial charge in [-0.1, -0.05) is 0 Å². The molecule has 0 aliphatic heterocycles. The summed E-state index contributed by atoms with van der Waals surface area (Å²) in [5.41, 5.74) is 0.531. The largest absolute Gasteiger partial charge is 0.493 e. The maximum absolute atomic E-state index is 11.4. The molecule has 0 spiro atoms. The van der Waals surface area contributed by atoms with E-state index >= 15 is 0 Å². The highest BCUT2D eigenvalue weighted by Crippen LogP contribution is 2.29. The fourth-order valence-electron chi connectivity index (χ4n) is 1.36. The zero-order valence-corrected chi connectivity index (χ0v) is 10.2. The molecule has 98 valence electrons. The van der Waals surface area contributed by atoms with Gasteiger partial charge in [-0.3, -0.25) is 9.59 Å². The van der Waals surface area contributed by atoms with Gasteiger partial charge in [0.05, 0.1) is 20.6 Å². The lowest BCUT2D eigenvalue weighted by Gasteiger charge is -2.10. The number of aliphatic carboxylic acids is 1. The summed E-state index contributed by atoms with van der Waals surface area (Å²) in [5, 5.41) is 11.0. The van der Waals surface area contributed by atoms with Crippen LogP contribution in [0.5, 0.6) is 11.5 Å². The molecule has 6 heteroatoms. The van der Waals surface area contributed by atoms with Crippen LogP contribution in [0, 0.1) is 0 Å². The molecular weight excluding hydrogens is 238 g/mol. The van der Waals surface area contributed by atoms with Gasteiger partial charge in [-0.25, -0.2) is 0 Å². The molecule has 18 heavy (non-hydrogen) atoms. The number of amides is 1. The van der Waals surface area contributed by atoms with Gasteiger partial charge in [0.25, 0.3) is 0 Å². The number of methoxy groups -OCH3 is 2. The summed E-state index contributed by atoms with van der Waals surface area (Å²) in [6.07, 6.45) is -0.261. The molecule has 1 rings (SSSR count). The molecule has 1 aromatic carbocycles. The molecule has 6 nitrogen and oxygen atoms in total. The van der Waals surface area contributed by atoms with Crippen molar-refractivity contribution in [3.8, 4) is 11.5 Å². The minimum absolute atomic E-state index is 0.0658. The summed E-state index contributed by atoms with van der Waals surface area (Å²) in [7, 11) is 3.01. The van der Waals surface area contributed by atoms with E-state index in [2.05, 4.69) is 5.32 Å². The molecule has 0 radical (unpaired) electrons. The smallest absolute Gasteiger partial charge is 0.303 e. The van der Waals surface area contributed by atoms with Crippen LogP contribution >= 0.6 is 0 Å². The molecule has 1 aromatic rings. The number of anilines is 1. The second-order valence-electron chi connectivity index (χ2n) is 3.51. The van der Waals surface area contributed by atoms with E-state index in [4.69, 9.17) is 14.6 Å². The molecule has 0 aromatic heterocycles. The Kier molecular flexibility index (Phi) is 4.98. The van der Waals surface area contributed by atoms with Crippen molar-refractivity contribution in [2.45, 2.75) is 12.8 Å². The van der Waals surface area contributed by atoms with Crippen molar-refractivity contribution in [2.75, 3.05) is 19.5 Å². The van der Waals surface area contributed by atoms with Crippen molar-refractivity contribution in [2.24, 2.45) is 0 Å². The summed E-state index contributed by atoms with van der Waals surface area (Å²) in [6, 6.07) is 4.92. The van der Waals surface area contributed by atoms with Gasteiger partial charge in [0.1, 0.15) is 0 Å². The second-order valence-corrected chi connectivity index (χ2v) is 3.51. The van der Waals surface area contributed by atoms with E-state index in [1.807, 2.05) is 0 Å². The predicted molar refractivity (Wildman–Crippen MR) is 65.0 cm³/mol. The lowest BCUT2D eigenvalue weighted by molar-refractivity contribution is -0.138. The molecule has 0 saturated heterocycles. The van der Waals surface area contributed by atoms with Gasteiger partial charge in [0.15, 0.2) is 11.5 Å². The highest BCUT2D eigenvalue weighted by atomic mass is 16.5. The maximum atomic E-state index is 11.4. The van der Waals surface area contributed by atoms with E-state index in [-0.39, 0.29) is 18.7 Å². The monoisotopic (exact) mass is 253 g/mol. The summed E-state index contributed by atoms with van der Waals surface area (Å²) >= 11 is 0. The zero-order chi connectivity index (χ0) is 13.5. The van der Waals surface area contributed by atoms with E-state index in [0.717, 1.165) is 0 Å². The van der Waals surface area contributed by atoms with E-state index < -0.39 is 5.97 Å². The third kappa shape index (κ3) is 3.97. The van der Waals surface area contributed by atoms with Crippen molar-refractivity contribution in [3.05, 3.63) is 18.2 Å². The average molecular weight is 253 g/mol. The van der Waals surface area contributed by atoms with Crippen LogP contribution in [-0.4, -0.2) is 31.2 Å². The average Bonchev–Trinajstić information content (AvgIpc) is 2.36. The van der Waals surface area contributed by atoms with Gasteiger partial charge in [-0.2, -0.15) is 0 Å². The molecule has 0 unspecified atom stereocenters. The van der Waals surface area contributed by atoms with Gasteiger partial charge >= 0.3 is 5.97 Å². The summed E-state index contributed by atoms with van der Waals surface area (Å²) in [4.78, 5) is 21.7. The Balaban J connectivity index is 2.67. The van der Waals surface area contributed by atoms with Gasteiger partial charge in [-0.15, -0.1) is 0 Å². The second kappa shape index (κ2) is 6.48. The Morgan fingerprint density at radius 3 is 2.39 bits per heavy atom. The Bertz CT molecular complexity index is 444. The van der Waals surface area contributed by atoms with Gasteiger partial charge < -0.3 is 19.9 Å². The van der Waals surface area contributed by atoms with Crippen LogP contribution in [0.3, 0.4) is 0 Å². The van der Waals surface area contributed by atoms with Crippen LogP contribution < -0.4 is 14.8 Å². The van der Waals surface area contributed by atoms with Crippen molar-refractivity contribution in [1.29, 1.82) is 0 Å². The highest BCUT2D eigenvalue weighted by Gasteiger charge is 2.08. The molecule has 0 aliphatic rings. The number of hydrogen-bond donors (Lipinski definition) is 2. The molecule has 2 N–H and O–H groups in total. The summed E-state index contributed by atoms with van der Waals surface area (Å²) in [5.74, 6) is -0.309. The lowest BCUT2D eigenvalue weighted by atomic mass is 10.2. The van der Waals surface area contributed by atoms with Crippen molar-refractivity contribution in [1.82, 2.24) is 0 Å². The number of carbonyl (C=O) groups is 2. The molecule has 0 fully saturated rings. The van der Waals surface area contributed by atoms with Crippen LogP contribution in [0.4, 0.5) is 5.69 Å². The first-order valence-electron chi connectivity index (χ1n) is 5.30. The zero-order valence-electron chi connectivity index (χ0n) is 10.2. The highest BCUT2D eigenvalue weighted by molar-refractivity contribution is 5.92. The van der Waals surface area contributed by atoms with Crippen LogP contribution in [0.25, 0.3) is 0 Å². The van der Waals surface area contributed by atoms with Crippen LogP contribution in [0.1, 0.15) is 12.8 Å². The first kappa shape index (κ1) is 13.8. The number of carbonyl (C=O) groups excluding carboxylic acids is 1. The molecule has 0 aliphatic carbocycles. The Labute approximate surface area is 105 Å². The number of nitrogens with one attached hydrogen (secondary N) is 1. The predicted octanol–water partition coefficient (Wildman–Crippen LogP) is 1.51. The lowest BCUT2D eigenvalue weighted by Crippen LogP contribution is -2.13. The molecule has 0 bridgehead atoms. The standard InChI is InChI=1S/C12H15NO5/c1-17-9-4-3-8(7-10(9)18-2)13-11(14)5-6-12(15)16/h3-4,7H,5-6H2,1-2H3,(H,13,14)(H,15,16). The van der Waals surface area contributed by atoms with Crippen molar-refractivity contribution >= 4 is 17.6 Å². The minimum atomic E-state index is -1.00. The van der Waals surface area contributed by atoms with E-state index in [0.29, 0.717) is 17.2 Å². The SMILES string of the molecule is COc1ccc(NC(=O)CCC(=O)O)cc1OC. The normalized spacial score (nSPS) is 9.67. The fourth-order valence-corrected chi connectivity index (χ4v) is 1.36. The number of benzene rings is 1. The van der Waals surface area contributed by atoms with Gasteiger partial charge in [0.2, 0.25) is 5.91 Å². The molecular formula is C12H15NO5. The van der Waals surface area contributed by atoms with Crippen molar-refractivity contribution in [3.63, 3.8) is 0 Å². The number of carboxylic acid groups (broad SMARTS) is 1. The molecule has 0 atom stereocenters. The van der Waals surface area contributed by atoms with Gasteiger partial charge in [-0.05, 0) is 12.1 Å². The third-order valence-electron chi connectivity index (χ3n) is 2.23. The number of rotatable bonds is 6. The Morgan fingerprint density at radius 1 is 1.17 bits per heavy atom. The van der Waals surface area contributed by atoms with Crippen LogP contribution in [0.2, 0.25) is 0 Å². The Hall–Kier alpha value is -2.24. The van der Waals surface area contributed by atoms with E-state index in [1.54, 1.807) is 18.2 Å². The quantitative estimate of drug-likeness (QED) is 0.802. The van der Waals surface area contributed by atoms with Crippen molar-refractivity contribution < 1.29 is 24.2 Å². The summed E-state index contributed by atoms with van der Waals surface area (Å²) in [6.45, 7) is 0. The maximum Gasteiger partial charge on any atom is 0.303 e. The molecule has 1 amide bonds. The number of carboxylic acids is 1. The third-order valence-corrected chi connectivity index (χ3v) is 2.23. The first-order chi connectivity index (χ1) is 8.56.